The van der Waals surface area contributed by atoms with Gasteiger partial charge >= 0.3 is 0 Å². The summed E-state index contributed by atoms with van der Waals surface area (Å²) in [7, 11) is 0. The molecule has 1 atom stereocenters. The summed E-state index contributed by atoms with van der Waals surface area (Å²) in [6.07, 6.45) is 0.358. The van der Waals surface area contributed by atoms with Crippen molar-refractivity contribution < 1.29 is 4.79 Å². The summed E-state index contributed by atoms with van der Waals surface area (Å²) < 4.78 is 2.13. The van der Waals surface area contributed by atoms with E-state index in [9.17, 15) is 4.79 Å². The van der Waals surface area contributed by atoms with Gasteiger partial charge in [-0.15, -0.1) is 0 Å². The largest absolute Gasteiger partial charge is 0.294 e. The van der Waals surface area contributed by atoms with E-state index in [4.69, 9.17) is 9.97 Å². The molecule has 0 spiro atoms. The third-order valence-corrected chi connectivity index (χ3v) is 10.1. The number of aromatic nitrogens is 3. The Labute approximate surface area is 282 Å². The number of para-hydroxylation sites is 2. The maximum absolute atomic E-state index is 15.0. The molecule has 1 aliphatic rings. The van der Waals surface area contributed by atoms with Gasteiger partial charge in [-0.25, -0.2) is 9.97 Å². The van der Waals surface area contributed by atoms with E-state index in [2.05, 4.69) is 114 Å². The molecule has 2 aromatic heterocycles. The highest BCUT2D eigenvalue weighted by molar-refractivity contribution is 6.21. The van der Waals surface area contributed by atoms with Crippen molar-refractivity contribution in [2.45, 2.75) is 12.3 Å². The van der Waals surface area contributed by atoms with Crippen molar-refractivity contribution in [3.8, 4) is 28.3 Å². The molecule has 9 aromatic rings. The van der Waals surface area contributed by atoms with Crippen LogP contribution < -0.4 is 0 Å². The first-order valence-corrected chi connectivity index (χ1v) is 16.7. The molecule has 0 amide bonds. The zero-order valence-corrected chi connectivity index (χ0v) is 26.5. The minimum absolute atomic E-state index is 0.0878. The van der Waals surface area contributed by atoms with Gasteiger partial charge in [0.25, 0.3) is 0 Å². The molecule has 4 heteroatoms. The Morgan fingerprint density at radius 1 is 0.571 bits per heavy atom. The maximum Gasteiger partial charge on any atom is 0.235 e. The van der Waals surface area contributed by atoms with E-state index in [1.54, 1.807) is 0 Å². The van der Waals surface area contributed by atoms with Crippen molar-refractivity contribution in [3.05, 3.63) is 174 Å². The van der Waals surface area contributed by atoms with Crippen molar-refractivity contribution in [2.24, 2.45) is 0 Å². The van der Waals surface area contributed by atoms with Gasteiger partial charge in [-0.3, -0.25) is 9.36 Å². The molecule has 0 N–H and O–H groups in total. The number of ketones is 1. The van der Waals surface area contributed by atoms with Crippen LogP contribution in [-0.4, -0.2) is 20.3 Å². The summed E-state index contributed by atoms with van der Waals surface area (Å²) in [4.78, 5) is 25.5. The zero-order chi connectivity index (χ0) is 32.5. The van der Waals surface area contributed by atoms with Crippen LogP contribution in [0.1, 0.15) is 33.8 Å². The number of rotatable bonds is 3. The molecule has 0 saturated heterocycles. The normalized spacial score (nSPS) is 14.3. The zero-order valence-electron chi connectivity index (χ0n) is 26.5. The lowest BCUT2D eigenvalue weighted by Gasteiger charge is -2.19. The number of Topliss-reactive ketones (excluding diaryl/α,β-unsaturated/α-hetero) is 1. The highest BCUT2D eigenvalue weighted by Gasteiger charge is 2.32. The Kier molecular flexibility index (Phi) is 6.12. The number of carbonyl (C=O) groups excluding carboxylic acids is 1. The lowest BCUT2D eigenvalue weighted by atomic mass is 9.84. The van der Waals surface area contributed by atoms with Crippen molar-refractivity contribution in [1.82, 2.24) is 14.5 Å². The molecule has 10 rings (SSSR count). The third-order valence-electron chi connectivity index (χ3n) is 10.1. The van der Waals surface area contributed by atoms with E-state index in [-0.39, 0.29) is 11.7 Å². The average Bonchev–Trinajstić information content (AvgIpc) is 3.44. The molecule has 1 unspecified atom stereocenters. The van der Waals surface area contributed by atoms with Crippen LogP contribution in [-0.2, 0) is 0 Å². The number of hydrogen-bond acceptors (Lipinski definition) is 3. The lowest BCUT2D eigenvalue weighted by molar-refractivity contribution is 0.0980. The van der Waals surface area contributed by atoms with E-state index in [1.165, 1.54) is 10.9 Å². The second kappa shape index (κ2) is 10.8. The molecule has 2 heterocycles. The Morgan fingerprint density at radius 2 is 1.24 bits per heavy atom. The summed E-state index contributed by atoms with van der Waals surface area (Å²) in [5, 5.41) is 5.39. The standard InChI is InChI=1S/C45H29N3O/c49-41-27-36(28-13-3-1-4-14-28)38-26-31-18-8-7-17-30(31)25-37(38)33-23-24-34-32-19-10-12-22-40(32)48(44(34)42(33)41)45-46-39-21-11-9-20-35(39)43(47-45)29-15-5-2-6-16-29/h1-26,36H,27H2. The first-order chi connectivity index (χ1) is 24.2. The highest BCUT2D eigenvalue weighted by Crippen LogP contribution is 2.47. The third kappa shape index (κ3) is 4.27. The molecule has 0 saturated carbocycles. The molecule has 230 valence electrons. The first-order valence-electron chi connectivity index (χ1n) is 16.7. The maximum atomic E-state index is 15.0. The number of hydrogen-bond donors (Lipinski definition) is 0. The fraction of sp³-hybridized carbons (Fsp3) is 0.0444. The fourth-order valence-electron chi connectivity index (χ4n) is 7.91. The van der Waals surface area contributed by atoms with Crippen LogP contribution >= 0.6 is 0 Å². The Hall–Kier alpha value is -6.39. The van der Waals surface area contributed by atoms with Gasteiger partial charge in [-0.2, -0.15) is 0 Å². The number of benzene rings is 7. The number of fused-ring (bicyclic) bond motifs is 9. The molecule has 4 nitrogen and oxygen atoms in total. The Bertz CT molecular complexity index is 2760. The topological polar surface area (TPSA) is 47.8 Å². The Morgan fingerprint density at radius 3 is 2.06 bits per heavy atom. The first kappa shape index (κ1) is 27.7. The van der Waals surface area contributed by atoms with Gasteiger partial charge in [-0.05, 0) is 57.3 Å². The molecule has 7 aromatic carbocycles. The molecular formula is C45H29N3O. The van der Waals surface area contributed by atoms with Crippen LogP contribution in [0.2, 0.25) is 0 Å². The lowest BCUT2D eigenvalue weighted by Crippen LogP contribution is -2.10. The quantitative estimate of drug-likeness (QED) is 0.196. The number of nitrogens with zero attached hydrogens (tertiary/aromatic N) is 3. The van der Waals surface area contributed by atoms with Crippen LogP contribution in [0.15, 0.2) is 158 Å². The van der Waals surface area contributed by atoms with E-state index < -0.39 is 0 Å². The predicted octanol–water partition coefficient (Wildman–Crippen LogP) is 10.9. The van der Waals surface area contributed by atoms with Gasteiger partial charge in [-0.1, -0.05) is 133 Å². The predicted molar refractivity (Wildman–Crippen MR) is 199 cm³/mol. The molecule has 1 aliphatic carbocycles. The van der Waals surface area contributed by atoms with E-state index in [0.29, 0.717) is 12.4 Å². The fourth-order valence-corrected chi connectivity index (χ4v) is 7.91. The smallest absolute Gasteiger partial charge is 0.235 e. The average molecular weight is 628 g/mol. The second-order valence-corrected chi connectivity index (χ2v) is 12.9. The molecule has 0 radical (unpaired) electrons. The van der Waals surface area contributed by atoms with Crippen LogP contribution in [0.4, 0.5) is 0 Å². The SMILES string of the molecule is O=C1CC(c2ccccc2)c2cc3ccccc3cc2-c2ccc3c4ccccc4n(-c4nc(-c5ccccc5)c5ccccc5n4)c3c21. The van der Waals surface area contributed by atoms with Crippen molar-refractivity contribution in [1.29, 1.82) is 0 Å². The van der Waals surface area contributed by atoms with Crippen LogP contribution in [0.5, 0.6) is 0 Å². The van der Waals surface area contributed by atoms with Gasteiger partial charge in [0, 0.05) is 34.1 Å². The summed E-state index contributed by atoms with van der Waals surface area (Å²) in [6, 6.07) is 54.6. The molecule has 0 fully saturated rings. The second-order valence-electron chi connectivity index (χ2n) is 12.9. The highest BCUT2D eigenvalue weighted by atomic mass is 16.1. The molecular weight excluding hydrogens is 599 g/mol. The Balaban J connectivity index is 1.33. The molecule has 0 aliphatic heterocycles. The van der Waals surface area contributed by atoms with Crippen molar-refractivity contribution >= 4 is 49.3 Å². The van der Waals surface area contributed by atoms with Gasteiger partial charge in [0.2, 0.25) is 5.95 Å². The summed E-state index contributed by atoms with van der Waals surface area (Å²) in [6.45, 7) is 0. The molecule has 0 bridgehead atoms. The minimum atomic E-state index is -0.0878. The van der Waals surface area contributed by atoms with Crippen LogP contribution in [0, 0.1) is 0 Å². The number of carbonyl (C=O) groups is 1. The molecule has 49 heavy (non-hydrogen) atoms. The van der Waals surface area contributed by atoms with Gasteiger partial charge in [0.05, 0.1) is 27.8 Å². The van der Waals surface area contributed by atoms with E-state index >= 15 is 0 Å². The van der Waals surface area contributed by atoms with Gasteiger partial charge < -0.3 is 0 Å². The summed E-state index contributed by atoms with van der Waals surface area (Å²) in [5.74, 6) is 0.575. The summed E-state index contributed by atoms with van der Waals surface area (Å²) in [5.41, 5.74) is 9.64. The van der Waals surface area contributed by atoms with Crippen molar-refractivity contribution in [3.63, 3.8) is 0 Å². The summed E-state index contributed by atoms with van der Waals surface area (Å²) >= 11 is 0. The van der Waals surface area contributed by atoms with Gasteiger partial charge in [0.1, 0.15) is 0 Å². The van der Waals surface area contributed by atoms with Gasteiger partial charge in [0.15, 0.2) is 5.78 Å². The monoisotopic (exact) mass is 627 g/mol. The minimum Gasteiger partial charge on any atom is -0.294 e. The van der Waals surface area contributed by atoms with E-state index in [0.717, 1.165) is 71.6 Å². The van der Waals surface area contributed by atoms with Crippen LogP contribution in [0.3, 0.4) is 0 Å². The van der Waals surface area contributed by atoms with Crippen LogP contribution in [0.25, 0.3) is 71.8 Å². The van der Waals surface area contributed by atoms with Crippen molar-refractivity contribution in [2.75, 3.05) is 0 Å². The van der Waals surface area contributed by atoms with E-state index in [1.807, 2.05) is 48.5 Å².